The summed E-state index contributed by atoms with van der Waals surface area (Å²) in [6.07, 6.45) is 3.12. The van der Waals surface area contributed by atoms with Gasteiger partial charge in [0.25, 0.3) is 0 Å². The molecule has 1 amide bonds. The summed E-state index contributed by atoms with van der Waals surface area (Å²) in [5.41, 5.74) is 9.86. The average Bonchev–Trinajstić information content (AvgIpc) is 2.82. The first-order valence-electron chi connectivity index (χ1n) is 8.28. The second kappa shape index (κ2) is 6.76. The van der Waals surface area contributed by atoms with Crippen molar-refractivity contribution in [1.82, 2.24) is 9.78 Å². The molecule has 0 saturated heterocycles. The summed E-state index contributed by atoms with van der Waals surface area (Å²) < 4.78 is 1.83. The Labute approximate surface area is 152 Å². The summed E-state index contributed by atoms with van der Waals surface area (Å²) in [7, 11) is 0. The summed E-state index contributed by atoms with van der Waals surface area (Å²) in [6, 6.07) is 13.8. The van der Waals surface area contributed by atoms with Crippen LogP contribution in [0.15, 0.2) is 42.5 Å². The molecule has 6 heteroatoms. The van der Waals surface area contributed by atoms with E-state index in [2.05, 4.69) is 16.5 Å². The number of nitrogens with zero attached hydrogens (tertiary/aromatic N) is 2. The third kappa shape index (κ3) is 3.20. The van der Waals surface area contributed by atoms with Gasteiger partial charge in [-0.15, -0.1) is 17.5 Å². The molecule has 4 rings (SSSR count). The molecule has 1 heterocycles. The summed E-state index contributed by atoms with van der Waals surface area (Å²) in [5, 5.41) is 8.37. The van der Waals surface area contributed by atoms with Gasteiger partial charge < -0.3 is 11.1 Å². The van der Waals surface area contributed by atoms with Crippen molar-refractivity contribution in [3.8, 4) is 5.69 Å². The molecule has 0 bridgehead atoms. The van der Waals surface area contributed by atoms with Crippen molar-refractivity contribution in [2.45, 2.75) is 26.2 Å². The Morgan fingerprint density at radius 2 is 2.04 bits per heavy atom. The highest BCUT2D eigenvalue weighted by atomic mass is 35.5. The number of carbonyl (C=O) groups is 1. The monoisotopic (exact) mass is 356 g/mol. The first-order valence-corrected chi connectivity index (χ1v) is 8.28. The maximum Gasteiger partial charge on any atom is 0.227 e. The summed E-state index contributed by atoms with van der Waals surface area (Å²) in [6.45, 7) is 2.04. The molecule has 0 aliphatic heterocycles. The Morgan fingerprint density at radius 1 is 1.24 bits per heavy atom. The molecule has 25 heavy (non-hydrogen) atoms. The number of nitrogens with two attached hydrogens (primary N) is 1. The summed E-state index contributed by atoms with van der Waals surface area (Å²) >= 11 is 0. The molecule has 5 nitrogen and oxygen atoms in total. The van der Waals surface area contributed by atoms with Crippen molar-refractivity contribution in [3.63, 3.8) is 0 Å². The molecule has 0 spiro atoms. The van der Waals surface area contributed by atoms with E-state index in [1.807, 2.05) is 48.0 Å². The van der Waals surface area contributed by atoms with Crippen LogP contribution in [-0.2, 0) is 4.79 Å². The molecule has 2 aromatic carbocycles. The highest BCUT2D eigenvalue weighted by molar-refractivity contribution is 5.97. The maximum absolute atomic E-state index is 12.2. The van der Waals surface area contributed by atoms with E-state index in [1.165, 1.54) is 0 Å². The molecule has 1 aromatic heterocycles. The van der Waals surface area contributed by atoms with E-state index in [9.17, 15) is 4.79 Å². The van der Waals surface area contributed by atoms with E-state index < -0.39 is 0 Å². The Kier molecular flexibility index (Phi) is 4.68. The number of carbonyl (C=O) groups excluding carboxylic acids is 1. The van der Waals surface area contributed by atoms with E-state index in [0.717, 1.165) is 47.1 Å². The number of aryl methyl sites for hydroxylation is 1. The molecule has 1 fully saturated rings. The molecular weight excluding hydrogens is 336 g/mol. The molecule has 0 radical (unpaired) electrons. The fourth-order valence-electron chi connectivity index (χ4n) is 3.09. The lowest BCUT2D eigenvalue weighted by Gasteiger charge is -2.24. The van der Waals surface area contributed by atoms with Gasteiger partial charge in [-0.1, -0.05) is 18.6 Å². The summed E-state index contributed by atoms with van der Waals surface area (Å²) in [5.74, 6) is 0.756. The zero-order valence-corrected chi connectivity index (χ0v) is 14.8. The second-order valence-electron chi connectivity index (χ2n) is 6.49. The first kappa shape index (κ1) is 17.3. The number of hydrogen-bond donors (Lipinski definition) is 2. The van der Waals surface area contributed by atoms with Crippen molar-refractivity contribution >= 4 is 40.7 Å². The Morgan fingerprint density at radius 3 is 2.72 bits per heavy atom. The smallest absolute Gasteiger partial charge is 0.227 e. The Bertz CT molecular complexity index is 930. The van der Waals surface area contributed by atoms with Crippen molar-refractivity contribution in [2.24, 2.45) is 5.92 Å². The van der Waals surface area contributed by atoms with Crippen molar-refractivity contribution in [2.75, 3.05) is 11.1 Å². The van der Waals surface area contributed by atoms with Gasteiger partial charge in [0.1, 0.15) is 0 Å². The molecule has 3 N–H and O–H groups in total. The van der Waals surface area contributed by atoms with Gasteiger partial charge in [-0.2, -0.15) is 0 Å². The zero-order valence-electron chi connectivity index (χ0n) is 14.0. The normalized spacial score (nSPS) is 14.0. The van der Waals surface area contributed by atoms with Gasteiger partial charge in [0.15, 0.2) is 5.82 Å². The van der Waals surface area contributed by atoms with Gasteiger partial charge in [-0.3, -0.25) is 4.79 Å². The molecule has 3 aromatic rings. The van der Waals surface area contributed by atoms with E-state index in [-0.39, 0.29) is 24.2 Å². The van der Waals surface area contributed by atoms with Crippen LogP contribution in [0.3, 0.4) is 0 Å². The molecule has 0 atom stereocenters. The number of nitrogens with one attached hydrogen (secondary N) is 1. The Balaban J connectivity index is 0.00000182. The van der Waals surface area contributed by atoms with Crippen molar-refractivity contribution < 1.29 is 4.79 Å². The van der Waals surface area contributed by atoms with Gasteiger partial charge in [-0.25, -0.2) is 4.68 Å². The number of nitrogen functional groups attached to an aromatic ring is 1. The van der Waals surface area contributed by atoms with Crippen LogP contribution in [0, 0.1) is 12.8 Å². The van der Waals surface area contributed by atoms with Gasteiger partial charge in [0.2, 0.25) is 5.91 Å². The number of benzene rings is 2. The van der Waals surface area contributed by atoms with E-state index in [4.69, 9.17) is 5.73 Å². The van der Waals surface area contributed by atoms with Crippen LogP contribution in [0.5, 0.6) is 0 Å². The van der Waals surface area contributed by atoms with Gasteiger partial charge in [0, 0.05) is 17.0 Å². The van der Waals surface area contributed by atoms with Crippen LogP contribution in [0.4, 0.5) is 11.5 Å². The minimum atomic E-state index is 0. The molecular formula is C19H21ClN4O. The molecule has 0 unspecified atom stereocenters. The van der Waals surface area contributed by atoms with Crippen LogP contribution in [0.2, 0.25) is 0 Å². The van der Waals surface area contributed by atoms with Crippen LogP contribution in [0.1, 0.15) is 24.8 Å². The highest BCUT2D eigenvalue weighted by Crippen LogP contribution is 2.30. The second-order valence-corrected chi connectivity index (χ2v) is 6.49. The molecule has 130 valence electrons. The maximum atomic E-state index is 12.2. The molecule has 1 aliphatic carbocycles. The lowest BCUT2D eigenvalue weighted by Crippen LogP contribution is -2.27. The van der Waals surface area contributed by atoms with Gasteiger partial charge in [-0.05, 0) is 55.7 Å². The van der Waals surface area contributed by atoms with Crippen LogP contribution >= 0.6 is 12.4 Å². The quantitative estimate of drug-likeness (QED) is 0.742. The van der Waals surface area contributed by atoms with Gasteiger partial charge in [0.05, 0.1) is 11.2 Å². The SMILES string of the molecule is Cc1cccc(-n2nc(N)c3ccc(NC(=O)C4CCC4)cc32)c1.Cl. The topological polar surface area (TPSA) is 72.9 Å². The van der Waals surface area contributed by atoms with E-state index in [1.54, 1.807) is 0 Å². The fraction of sp³-hybridized carbons (Fsp3) is 0.263. The largest absolute Gasteiger partial charge is 0.382 e. The van der Waals surface area contributed by atoms with Crippen LogP contribution in [-0.4, -0.2) is 15.7 Å². The predicted octanol–water partition coefficient (Wildman–Crippen LogP) is 4.08. The number of hydrogen-bond acceptors (Lipinski definition) is 3. The molecule has 1 aliphatic rings. The van der Waals surface area contributed by atoms with E-state index >= 15 is 0 Å². The number of anilines is 2. The minimum Gasteiger partial charge on any atom is -0.382 e. The van der Waals surface area contributed by atoms with Gasteiger partial charge >= 0.3 is 0 Å². The van der Waals surface area contributed by atoms with Crippen LogP contribution < -0.4 is 11.1 Å². The lowest BCUT2D eigenvalue weighted by molar-refractivity contribution is -0.122. The fourth-order valence-corrected chi connectivity index (χ4v) is 3.09. The van der Waals surface area contributed by atoms with Crippen molar-refractivity contribution in [3.05, 3.63) is 48.0 Å². The number of halogens is 1. The molecule has 1 saturated carbocycles. The first-order chi connectivity index (χ1) is 11.6. The Hall–Kier alpha value is -2.53. The van der Waals surface area contributed by atoms with Crippen molar-refractivity contribution in [1.29, 1.82) is 0 Å². The predicted molar refractivity (Wildman–Crippen MR) is 103 cm³/mol. The van der Waals surface area contributed by atoms with E-state index in [0.29, 0.717) is 5.82 Å². The zero-order chi connectivity index (χ0) is 16.7. The number of rotatable bonds is 3. The lowest BCUT2D eigenvalue weighted by atomic mass is 9.85. The minimum absolute atomic E-state index is 0. The third-order valence-corrected chi connectivity index (χ3v) is 4.70. The number of fused-ring (bicyclic) bond motifs is 1. The standard InChI is InChI=1S/C19H20N4O.ClH/c1-12-4-2-7-15(10-12)23-17-11-14(8-9-16(17)18(20)22-23)21-19(24)13-5-3-6-13;/h2,4,7-11,13H,3,5-6H2,1H3,(H2,20,22)(H,21,24);1H. The number of amides is 1. The summed E-state index contributed by atoms with van der Waals surface area (Å²) in [4.78, 5) is 12.2. The average molecular weight is 357 g/mol. The number of aromatic nitrogens is 2. The highest BCUT2D eigenvalue weighted by Gasteiger charge is 2.25. The third-order valence-electron chi connectivity index (χ3n) is 4.70. The van der Waals surface area contributed by atoms with Crippen LogP contribution in [0.25, 0.3) is 16.6 Å².